The first kappa shape index (κ1) is 30.0. The highest BCUT2D eigenvalue weighted by molar-refractivity contribution is 5.81. The van der Waals surface area contributed by atoms with Crippen LogP contribution < -0.4 is 21.3 Å². The Balaban J connectivity index is 2.11. The highest BCUT2D eigenvalue weighted by atomic mass is 16.6. The number of nitro groups is 1. The van der Waals surface area contributed by atoms with Crippen LogP contribution in [0.25, 0.3) is 11.3 Å². The van der Waals surface area contributed by atoms with E-state index < -0.39 is 22.7 Å². The Kier molecular flexibility index (Phi) is 10.0. The Hall–Kier alpha value is -3.51. The lowest BCUT2D eigenvalue weighted by Gasteiger charge is -2.26. The molecule has 0 spiro atoms. The van der Waals surface area contributed by atoms with Gasteiger partial charge >= 0.3 is 17.8 Å². The number of rotatable bonds is 11. The molecule has 12 heteroatoms. The molecule has 3 rings (SSSR count). The molecule has 1 saturated heterocycles. The van der Waals surface area contributed by atoms with E-state index in [0.717, 1.165) is 37.8 Å². The molecule has 1 aromatic heterocycles. The van der Waals surface area contributed by atoms with Crippen molar-refractivity contribution in [1.29, 1.82) is 0 Å². The van der Waals surface area contributed by atoms with Crippen LogP contribution in [0, 0.1) is 10.1 Å². The molecule has 0 aliphatic carbocycles. The molecule has 2 heterocycles. The molecule has 4 N–H and O–H groups in total. The molecule has 1 aromatic carbocycles. The summed E-state index contributed by atoms with van der Waals surface area (Å²) < 4.78 is 11.0. The van der Waals surface area contributed by atoms with Crippen molar-refractivity contribution >= 4 is 17.6 Å². The van der Waals surface area contributed by atoms with E-state index in [4.69, 9.17) is 15.2 Å². The monoisotopic (exact) mass is 543 g/mol. The molecule has 0 radical (unpaired) electrons. The number of hydrazine groups is 1. The number of nitrogen functional groups attached to an aromatic ring is 1. The second-order valence-corrected chi connectivity index (χ2v) is 10.9. The Bertz CT molecular complexity index is 1170. The van der Waals surface area contributed by atoms with Crippen molar-refractivity contribution in [3.8, 4) is 17.3 Å². The van der Waals surface area contributed by atoms with Crippen LogP contribution in [-0.2, 0) is 11.3 Å². The number of likely N-dealkylation sites (tertiary alicyclic amines) is 1. The molecule has 1 aliphatic rings. The molecule has 2 aromatic rings. The molecule has 12 nitrogen and oxygen atoms in total. The summed E-state index contributed by atoms with van der Waals surface area (Å²) in [6.07, 6.45) is 3.22. The molecule has 0 saturated carbocycles. The molecule has 2 unspecified atom stereocenters. The number of hydrogen-bond donors (Lipinski definition) is 3. The van der Waals surface area contributed by atoms with E-state index in [0.29, 0.717) is 30.3 Å². The van der Waals surface area contributed by atoms with Gasteiger partial charge in [-0.2, -0.15) is 9.97 Å². The van der Waals surface area contributed by atoms with E-state index >= 15 is 0 Å². The number of anilines is 1. The maximum absolute atomic E-state index is 12.3. The van der Waals surface area contributed by atoms with Crippen molar-refractivity contribution in [1.82, 2.24) is 25.7 Å². The van der Waals surface area contributed by atoms with E-state index in [9.17, 15) is 14.9 Å². The number of unbranched alkanes of at least 4 members (excludes halogenated alkanes) is 1. The third-order valence-corrected chi connectivity index (χ3v) is 6.54. The van der Waals surface area contributed by atoms with Gasteiger partial charge in [0.1, 0.15) is 5.60 Å². The van der Waals surface area contributed by atoms with Gasteiger partial charge in [0, 0.05) is 24.2 Å². The summed E-state index contributed by atoms with van der Waals surface area (Å²) in [5.74, 6) is -0.265. The SMILES string of the molecule is CCCCOc1nc(N)c([N+](=O)[O-])c(-c2c(CN3CCCC3C)cccc2C(C)NNC(=O)OC(C)(C)C)n1. The molecule has 1 amide bonds. The number of carbonyl (C=O) groups excluding carboxylic acids is 1. The lowest BCUT2D eigenvalue weighted by molar-refractivity contribution is -0.383. The van der Waals surface area contributed by atoms with Crippen LogP contribution in [0.2, 0.25) is 0 Å². The molecular formula is C27H41N7O5. The molecule has 0 bridgehead atoms. The largest absolute Gasteiger partial charge is 0.463 e. The summed E-state index contributed by atoms with van der Waals surface area (Å²) in [7, 11) is 0. The third kappa shape index (κ3) is 7.99. The van der Waals surface area contributed by atoms with Crippen molar-refractivity contribution in [3.05, 3.63) is 39.4 Å². The first-order valence-electron chi connectivity index (χ1n) is 13.5. The lowest BCUT2D eigenvalue weighted by atomic mass is 9.92. The fraction of sp³-hybridized carbons (Fsp3) is 0.593. The van der Waals surface area contributed by atoms with Crippen LogP contribution in [0.5, 0.6) is 6.01 Å². The van der Waals surface area contributed by atoms with Crippen LogP contribution in [0.15, 0.2) is 18.2 Å². The fourth-order valence-corrected chi connectivity index (χ4v) is 4.57. The average Bonchev–Trinajstić information content (AvgIpc) is 3.25. The Morgan fingerprint density at radius 3 is 2.69 bits per heavy atom. The first-order valence-corrected chi connectivity index (χ1v) is 13.5. The fourth-order valence-electron chi connectivity index (χ4n) is 4.57. The van der Waals surface area contributed by atoms with Crippen LogP contribution in [0.3, 0.4) is 0 Å². The van der Waals surface area contributed by atoms with Crippen molar-refractivity contribution in [3.63, 3.8) is 0 Å². The lowest BCUT2D eigenvalue weighted by Crippen LogP contribution is -2.42. The molecular weight excluding hydrogens is 502 g/mol. The summed E-state index contributed by atoms with van der Waals surface area (Å²) in [5.41, 5.74) is 12.8. The van der Waals surface area contributed by atoms with Crippen molar-refractivity contribution in [2.45, 2.75) is 91.5 Å². The zero-order valence-corrected chi connectivity index (χ0v) is 23.7. The number of nitrogens with one attached hydrogen (secondary N) is 2. The van der Waals surface area contributed by atoms with Gasteiger partial charge in [-0.15, -0.1) is 0 Å². The summed E-state index contributed by atoms with van der Waals surface area (Å²) in [5, 5.41) is 12.2. The standard InChI is InChI=1S/C27H41N7O5/c1-7-8-15-38-25-29-22(23(34(36)37)24(28)30-25)21-19(16-33-14-10-11-17(33)2)12-9-13-20(21)18(3)31-32-26(35)39-27(4,5)6/h9,12-13,17-18,31H,7-8,10-11,14-16H2,1-6H3,(H,32,35)(H2,28,29,30). The van der Waals surface area contributed by atoms with Gasteiger partial charge in [-0.05, 0) is 71.6 Å². The average molecular weight is 544 g/mol. The van der Waals surface area contributed by atoms with E-state index in [-0.39, 0.29) is 23.2 Å². The van der Waals surface area contributed by atoms with Crippen LogP contribution in [0.4, 0.5) is 16.3 Å². The Labute approximate surface area is 229 Å². The highest BCUT2D eigenvalue weighted by Crippen LogP contribution is 2.40. The normalized spacial score (nSPS) is 16.6. The molecule has 1 aliphatic heterocycles. The second kappa shape index (κ2) is 13.0. The van der Waals surface area contributed by atoms with Gasteiger partial charge in [0.15, 0.2) is 5.69 Å². The molecule has 214 valence electrons. The summed E-state index contributed by atoms with van der Waals surface area (Å²) >= 11 is 0. The van der Waals surface area contributed by atoms with Crippen molar-refractivity contribution in [2.24, 2.45) is 0 Å². The number of hydrogen-bond acceptors (Lipinski definition) is 10. The minimum Gasteiger partial charge on any atom is -0.463 e. The number of benzene rings is 1. The highest BCUT2D eigenvalue weighted by Gasteiger charge is 2.31. The minimum atomic E-state index is -0.667. The topological polar surface area (TPSA) is 158 Å². The summed E-state index contributed by atoms with van der Waals surface area (Å²) in [4.78, 5) is 34.9. The number of ether oxygens (including phenoxy) is 2. The van der Waals surface area contributed by atoms with Gasteiger partial charge < -0.3 is 15.2 Å². The van der Waals surface area contributed by atoms with Gasteiger partial charge in [0.05, 0.1) is 11.5 Å². The molecule has 2 atom stereocenters. The maximum atomic E-state index is 12.3. The first-order chi connectivity index (χ1) is 18.4. The maximum Gasteiger partial charge on any atom is 0.422 e. The molecule has 39 heavy (non-hydrogen) atoms. The van der Waals surface area contributed by atoms with Crippen LogP contribution in [0.1, 0.15) is 84.4 Å². The van der Waals surface area contributed by atoms with E-state index in [1.165, 1.54) is 0 Å². The van der Waals surface area contributed by atoms with Crippen LogP contribution >= 0.6 is 0 Å². The number of amides is 1. The summed E-state index contributed by atoms with van der Waals surface area (Å²) in [6.45, 7) is 13.2. The van der Waals surface area contributed by atoms with Gasteiger partial charge in [-0.1, -0.05) is 31.5 Å². The second-order valence-electron chi connectivity index (χ2n) is 10.9. The third-order valence-electron chi connectivity index (χ3n) is 6.54. The van der Waals surface area contributed by atoms with Crippen LogP contribution in [-0.4, -0.2) is 50.7 Å². The number of carbonyl (C=O) groups is 1. The minimum absolute atomic E-state index is 0.00987. The predicted molar refractivity (Wildman–Crippen MR) is 149 cm³/mol. The Morgan fingerprint density at radius 2 is 2.08 bits per heavy atom. The van der Waals surface area contributed by atoms with Gasteiger partial charge in [-0.25, -0.2) is 10.2 Å². The smallest absolute Gasteiger partial charge is 0.422 e. The number of aromatic nitrogens is 2. The Morgan fingerprint density at radius 1 is 1.33 bits per heavy atom. The van der Waals surface area contributed by atoms with Gasteiger partial charge in [-0.3, -0.25) is 20.4 Å². The number of nitrogens with two attached hydrogens (primary N) is 1. The quantitative estimate of drug-likeness (QED) is 0.202. The van der Waals surface area contributed by atoms with E-state index in [1.54, 1.807) is 20.8 Å². The van der Waals surface area contributed by atoms with E-state index in [2.05, 4.69) is 32.6 Å². The van der Waals surface area contributed by atoms with Gasteiger partial charge in [0.25, 0.3) is 0 Å². The zero-order valence-electron chi connectivity index (χ0n) is 23.7. The van der Waals surface area contributed by atoms with E-state index in [1.807, 2.05) is 32.0 Å². The summed E-state index contributed by atoms with van der Waals surface area (Å²) in [6, 6.07) is 5.59. The van der Waals surface area contributed by atoms with Crippen molar-refractivity contribution in [2.75, 3.05) is 18.9 Å². The van der Waals surface area contributed by atoms with Gasteiger partial charge in [0.2, 0.25) is 5.82 Å². The zero-order chi connectivity index (χ0) is 28.7. The van der Waals surface area contributed by atoms with Crippen molar-refractivity contribution < 1.29 is 19.2 Å². The number of nitrogens with zero attached hydrogens (tertiary/aromatic N) is 4. The predicted octanol–water partition coefficient (Wildman–Crippen LogP) is 4.89. The molecule has 1 fully saturated rings.